The molecule has 0 radical (unpaired) electrons. The molecular formula is C17H28N2. The zero-order valence-corrected chi connectivity index (χ0v) is 12.7. The Morgan fingerprint density at radius 1 is 1.21 bits per heavy atom. The molecule has 2 nitrogen and oxygen atoms in total. The van der Waals surface area contributed by atoms with Crippen molar-refractivity contribution in [3.05, 3.63) is 35.4 Å². The van der Waals surface area contributed by atoms with Crippen molar-refractivity contribution in [3.8, 4) is 0 Å². The summed E-state index contributed by atoms with van der Waals surface area (Å²) in [5.41, 5.74) is 2.95. The van der Waals surface area contributed by atoms with E-state index < -0.39 is 0 Å². The van der Waals surface area contributed by atoms with Crippen LogP contribution in [-0.2, 0) is 13.1 Å². The highest BCUT2D eigenvalue weighted by molar-refractivity contribution is 5.27. The van der Waals surface area contributed by atoms with Gasteiger partial charge < -0.3 is 5.32 Å². The van der Waals surface area contributed by atoms with E-state index in [9.17, 15) is 0 Å². The number of benzene rings is 1. The average molecular weight is 260 g/mol. The maximum Gasteiger partial charge on any atom is 0.0239 e. The normalized spacial score (nSPS) is 16.8. The van der Waals surface area contributed by atoms with Gasteiger partial charge in [0.05, 0.1) is 0 Å². The van der Waals surface area contributed by atoms with E-state index in [1.165, 1.54) is 30.4 Å². The van der Waals surface area contributed by atoms with Gasteiger partial charge in [0.25, 0.3) is 0 Å². The zero-order chi connectivity index (χ0) is 13.7. The number of hydrogen-bond acceptors (Lipinski definition) is 2. The van der Waals surface area contributed by atoms with E-state index >= 15 is 0 Å². The fraction of sp³-hybridized carbons (Fsp3) is 0.647. The largest absolute Gasteiger partial charge is 0.310 e. The summed E-state index contributed by atoms with van der Waals surface area (Å²) in [6, 6.07) is 10.3. The van der Waals surface area contributed by atoms with Crippen LogP contribution in [0.1, 0.15) is 51.2 Å². The van der Waals surface area contributed by atoms with Gasteiger partial charge >= 0.3 is 0 Å². The Balaban J connectivity index is 2.00. The quantitative estimate of drug-likeness (QED) is 0.769. The summed E-state index contributed by atoms with van der Waals surface area (Å²) in [6.07, 6.45) is 3.93. The van der Waals surface area contributed by atoms with Crippen LogP contribution in [0.15, 0.2) is 24.3 Å². The van der Waals surface area contributed by atoms with Crippen LogP contribution in [0, 0.1) is 0 Å². The zero-order valence-electron chi connectivity index (χ0n) is 12.7. The van der Waals surface area contributed by atoms with Crippen molar-refractivity contribution < 1.29 is 0 Å². The minimum Gasteiger partial charge on any atom is -0.310 e. The fourth-order valence-corrected chi connectivity index (χ4v) is 2.48. The molecule has 2 heteroatoms. The van der Waals surface area contributed by atoms with Crippen LogP contribution in [0.25, 0.3) is 0 Å². The molecule has 0 spiro atoms. The summed E-state index contributed by atoms with van der Waals surface area (Å²) in [5, 5.41) is 3.63. The van der Waals surface area contributed by atoms with Crippen LogP contribution in [-0.4, -0.2) is 23.5 Å². The molecule has 0 aromatic heterocycles. The summed E-state index contributed by atoms with van der Waals surface area (Å²) in [7, 11) is 0. The Kier molecular flexibility index (Phi) is 5.41. The van der Waals surface area contributed by atoms with E-state index in [1.54, 1.807) is 0 Å². The van der Waals surface area contributed by atoms with Crippen molar-refractivity contribution in [3.63, 3.8) is 0 Å². The molecule has 0 saturated heterocycles. The molecule has 1 unspecified atom stereocenters. The molecular weight excluding hydrogens is 232 g/mol. The first-order valence-corrected chi connectivity index (χ1v) is 7.78. The average Bonchev–Trinajstić information content (AvgIpc) is 3.27. The van der Waals surface area contributed by atoms with Crippen LogP contribution < -0.4 is 5.32 Å². The lowest BCUT2D eigenvalue weighted by atomic mass is 10.1. The highest BCUT2D eigenvalue weighted by Gasteiger charge is 2.20. The predicted molar refractivity (Wildman–Crippen MR) is 82.1 cm³/mol. The second kappa shape index (κ2) is 7.06. The molecule has 1 aromatic carbocycles. The van der Waals surface area contributed by atoms with E-state index in [1.807, 2.05) is 0 Å². The molecule has 19 heavy (non-hydrogen) atoms. The Labute approximate surface area is 118 Å². The lowest BCUT2D eigenvalue weighted by molar-refractivity contribution is 0.205. The first kappa shape index (κ1) is 14.5. The fourth-order valence-electron chi connectivity index (χ4n) is 2.48. The monoisotopic (exact) mass is 260 g/mol. The van der Waals surface area contributed by atoms with E-state index in [-0.39, 0.29) is 0 Å². The smallest absolute Gasteiger partial charge is 0.0239 e. The summed E-state index contributed by atoms with van der Waals surface area (Å²) in [4.78, 5) is 2.57. The van der Waals surface area contributed by atoms with Gasteiger partial charge in [0, 0.05) is 25.2 Å². The Morgan fingerprint density at radius 2 is 1.89 bits per heavy atom. The van der Waals surface area contributed by atoms with Gasteiger partial charge in [0.15, 0.2) is 0 Å². The van der Waals surface area contributed by atoms with E-state index in [4.69, 9.17) is 0 Å². The molecule has 0 amide bonds. The molecule has 1 saturated carbocycles. The number of nitrogens with one attached hydrogen (secondary N) is 1. The van der Waals surface area contributed by atoms with Crippen molar-refractivity contribution in [2.45, 2.75) is 65.2 Å². The summed E-state index contributed by atoms with van der Waals surface area (Å²) < 4.78 is 0. The second-order valence-corrected chi connectivity index (χ2v) is 5.74. The van der Waals surface area contributed by atoms with E-state index in [0.29, 0.717) is 6.04 Å². The minimum atomic E-state index is 0.662. The lowest BCUT2D eigenvalue weighted by Gasteiger charge is -2.28. The van der Waals surface area contributed by atoms with Crippen molar-refractivity contribution in [2.24, 2.45) is 0 Å². The van der Waals surface area contributed by atoms with Crippen LogP contribution >= 0.6 is 0 Å². The van der Waals surface area contributed by atoms with Gasteiger partial charge in [-0.15, -0.1) is 0 Å². The topological polar surface area (TPSA) is 15.3 Å². The highest BCUT2D eigenvalue weighted by Crippen LogP contribution is 2.20. The molecule has 2 rings (SSSR count). The second-order valence-electron chi connectivity index (χ2n) is 5.74. The summed E-state index contributed by atoms with van der Waals surface area (Å²) >= 11 is 0. The van der Waals surface area contributed by atoms with E-state index in [0.717, 1.165) is 25.7 Å². The van der Waals surface area contributed by atoms with Crippen LogP contribution in [0.3, 0.4) is 0 Å². The molecule has 0 bridgehead atoms. The first-order chi connectivity index (χ1) is 9.24. The third-order valence-corrected chi connectivity index (χ3v) is 4.27. The molecule has 106 valence electrons. The van der Waals surface area contributed by atoms with Gasteiger partial charge in [-0.2, -0.15) is 0 Å². The van der Waals surface area contributed by atoms with Crippen LogP contribution in [0.2, 0.25) is 0 Å². The molecule has 0 heterocycles. The number of rotatable bonds is 8. The van der Waals surface area contributed by atoms with Crippen molar-refractivity contribution >= 4 is 0 Å². The SMILES string of the molecule is CCC(C)N(CC)Cc1ccccc1CNC1CC1. The standard InChI is InChI=1S/C17H28N2/c1-4-14(3)19(5-2)13-16-9-7-6-8-15(16)12-18-17-10-11-17/h6-9,14,17-18H,4-5,10-13H2,1-3H3. The van der Waals surface area contributed by atoms with Gasteiger partial charge in [0.1, 0.15) is 0 Å². The van der Waals surface area contributed by atoms with Crippen LogP contribution in [0.4, 0.5) is 0 Å². The summed E-state index contributed by atoms with van der Waals surface area (Å²) in [5.74, 6) is 0. The van der Waals surface area contributed by atoms with Gasteiger partial charge in [-0.3, -0.25) is 4.90 Å². The molecule has 0 aliphatic heterocycles. The Bertz CT molecular complexity index is 385. The minimum absolute atomic E-state index is 0.662. The number of nitrogens with zero attached hydrogens (tertiary/aromatic N) is 1. The highest BCUT2D eigenvalue weighted by atomic mass is 15.1. The third-order valence-electron chi connectivity index (χ3n) is 4.27. The lowest BCUT2D eigenvalue weighted by Crippen LogP contribution is -2.32. The molecule has 1 aromatic rings. The van der Waals surface area contributed by atoms with Gasteiger partial charge in [-0.1, -0.05) is 38.1 Å². The molecule has 1 atom stereocenters. The maximum atomic E-state index is 3.63. The summed E-state index contributed by atoms with van der Waals surface area (Å²) in [6.45, 7) is 10.1. The first-order valence-electron chi connectivity index (χ1n) is 7.78. The third kappa shape index (κ3) is 4.32. The molecule has 1 aliphatic rings. The van der Waals surface area contributed by atoms with Crippen molar-refractivity contribution in [1.82, 2.24) is 10.2 Å². The molecule has 1 fully saturated rings. The molecule has 1 N–H and O–H groups in total. The van der Waals surface area contributed by atoms with E-state index in [2.05, 4.69) is 55.3 Å². The maximum absolute atomic E-state index is 3.63. The number of hydrogen-bond donors (Lipinski definition) is 1. The van der Waals surface area contributed by atoms with Gasteiger partial charge in [-0.05, 0) is 43.9 Å². The Hall–Kier alpha value is -0.860. The van der Waals surface area contributed by atoms with Gasteiger partial charge in [0.2, 0.25) is 0 Å². The molecule has 1 aliphatic carbocycles. The predicted octanol–water partition coefficient (Wildman–Crippen LogP) is 3.56. The van der Waals surface area contributed by atoms with Crippen molar-refractivity contribution in [1.29, 1.82) is 0 Å². The van der Waals surface area contributed by atoms with Gasteiger partial charge in [-0.25, -0.2) is 0 Å². The van der Waals surface area contributed by atoms with Crippen LogP contribution in [0.5, 0.6) is 0 Å². The van der Waals surface area contributed by atoms with Crippen molar-refractivity contribution in [2.75, 3.05) is 6.54 Å². The Morgan fingerprint density at radius 3 is 2.47 bits per heavy atom.